The molecule has 0 aromatic carbocycles. The normalized spacial score (nSPS) is 29.5. The van der Waals surface area contributed by atoms with Crippen molar-refractivity contribution in [2.75, 3.05) is 13.1 Å². The molecule has 1 aliphatic heterocycles. The van der Waals surface area contributed by atoms with Crippen LogP contribution >= 0.6 is 0 Å². The van der Waals surface area contributed by atoms with Crippen LogP contribution in [0.25, 0.3) is 0 Å². The molecular formula is C17H32N2O. The zero-order valence-electron chi connectivity index (χ0n) is 13.2. The van der Waals surface area contributed by atoms with E-state index in [9.17, 15) is 4.79 Å². The maximum atomic E-state index is 12.3. The number of hydrogen-bond acceptors (Lipinski definition) is 2. The maximum absolute atomic E-state index is 12.3. The first kappa shape index (κ1) is 15.8. The van der Waals surface area contributed by atoms with E-state index in [1.807, 2.05) is 0 Å². The number of carbonyl (C=O) groups excluding carboxylic acids is 1. The molecule has 2 fully saturated rings. The van der Waals surface area contributed by atoms with Gasteiger partial charge >= 0.3 is 0 Å². The Kier molecular flexibility index (Phi) is 6.34. The van der Waals surface area contributed by atoms with Crippen LogP contribution in [0.2, 0.25) is 0 Å². The molecule has 0 bridgehead atoms. The Morgan fingerprint density at radius 3 is 2.60 bits per heavy atom. The van der Waals surface area contributed by atoms with Gasteiger partial charge in [-0.15, -0.1) is 0 Å². The van der Waals surface area contributed by atoms with Crippen LogP contribution < -0.4 is 5.73 Å². The van der Waals surface area contributed by atoms with Gasteiger partial charge in [0.2, 0.25) is 5.91 Å². The van der Waals surface area contributed by atoms with Crippen molar-refractivity contribution >= 4 is 5.91 Å². The molecule has 0 aromatic rings. The molecule has 0 aromatic heterocycles. The first-order valence-corrected chi connectivity index (χ1v) is 8.75. The smallest absolute Gasteiger partial charge is 0.222 e. The zero-order valence-corrected chi connectivity index (χ0v) is 13.2. The molecule has 0 spiro atoms. The molecule has 116 valence electrons. The number of nitrogens with zero attached hydrogens (tertiary/aromatic N) is 1. The minimum atomic E-state index is 0.334. The van der Waals surface area contributed by atoms with Crippen LogP contribution in [0.3, 0.4) is 0 Å². The highest BCUT2D eigenvalue weighted by molar-refractivity contribution is 5.76. The van der Waals surface area contributed by atoms with Gasteiger partial charge in [0.15, 0.2) is 0 Å². The molecule has 2 aliphatic rings. The van der Waals surface area contributed by atoms with Crippen LogP contribution in [0.5, 0.6) is 0 Å². The van der Waals surface area contributed by atoms with Crippen LogP contribution in [0.1, 0.15) is 71.1 Å². The summed E-state index contributed by atoms with van der Waals surface area (Å²) in [5.74, 6) is 1.64. The van der Waals surface area contributed by atoms with Crippen LogP contribution in [-0.2, 0) is 4.79 Å². The van der Waals surface area contributed by atoms with Gasteiger partial charge in [-0.05, 0) is 31.1 Å². The summed E-state index contributed by atoms with van der Waals surface area (Å²) in [4.78, 5) is 14.4. The monoisotopic (exact) mass is 280 g/mol. The van der Waals surface area contributed by atoms with Gasteiger partial charge in [0.1, 0.15) is 0 Å². The minimum Gasteiger partial charge on any atom is -0.342 e. The van der Waals surface area contributed by atoms with E-state index in [0.29, 0.717) is 23.8 Å². The molecule has 2 N–H and O–H groups in total. The predicted molar refractivity (Wildman–Crippen MR) is 83.4 cm³/mol. The third kappa shape index (κ3) is 4.21. The summed E-state index contributed by atoms with van der Waals surface area (Å²) in [6.45, 7) is 4.15. The van der Waals surface area contributed by atoms with Crippen LogP contribution in [0, 0.1) is 11.8 Å². The fourth-order valence-electron chi connectivity index (χ4n) is 3.94. The summed E-state index contributed by atoms with van der Waals surface area (Å²) in [6.07, 6.45) is 12.0. The molecule has 3 unspecified atom stereocenters. The van der Waals surface area contributed by atoms with Crippen molar-refractivity contribution in [3.05, 3.63) is 0 Å². The highest BCUT2D eigenvalue weighted by Gasteiger charge is 2.39. The average Bonchev–Trinajstić information content (AvgIpc) is 2.88. The molecule has 0 radical (unpaired) electrons. The third-order valence-corrected chi connectivity index (χ3v) is 5.25. The molecule has 1 heterocycles. The molecule has 2 rings (SSSR count). The standard InChI is InChI=1S/C17H32N2O/c1-2-3-4-5-6-7-11-17(20)19-12-14-9-8-10-16(18)15(14)13-19/h14-16H,2-13,18H2,1H3. The number of carbonyl (C=O) groups is 1. The van der Waals surface area contributed by atoms with E-state index in [2.05, 4.69) is 11.8 Å². The van der Waals surface area contributed by atoms with Crippen LogP contribution in [-0.4, -0.2) is 29.9 Å². The molecule has 3 nitrogen and oxygen atoms in total. The Bertz CT molecular complexity index is 305. The Morgan fingerprint density at radius 2 is 1.85 bits per heavy atom. The molecule has 1 amide bonds. The third-order valence-electron chi connectivity index (χ3n) is 5.25. The first-order chi connectivity index (χ1) is 9.72. The lowest BCUT2D eigenvalue weighted by atomic mass is 9.78. The first-order valence-electron chi connectivity index (χ1n) is 8.75. The maximum Gasteiger partial charge on any atom is 0.222 e. The number of nitrogens with two attached hydrogens (primary N) is 1. The Balaban J connectivity index is 1.64. The fraction of sp³-hybridized carbons (Fsp3) is 0.941. The summed E-state index contributed by atoms with van der Waals surface area (Å²) in [5.41, 5.74) is 6.21. The second kappa shape index (κ2) is 8.02. The average molecular weight is 280 g/mol. The molecular weight excluding hydrogens is 248 g/mol. The fourth-order valence-corrected chi connectivity index (χ4v) is 3.94. The van der Waals surface area contributed by atoms with E-state index < -0.39 is 0 Å². The van der Waals surface area contributed by atoms with Gasteiger partial charge in [-0.2, -0.15) is 0 Å². The van der Waals surface area contributed by atoms with E-state index in [0.717, 1.165) is 32.4 Å². The highest BCUT2D eigenvalue weighted by atomic mass is 16.2. The van der Waals surface area contributed by atoms with E-state index in [-0.39, 0.29) is 0 Å². The lowest BCUT2D eigenvalue weighted by Crippen LogP contribution is -2.38. The zero-order chi connectivity index (χ0) is 14.4. The number of hydrogen-bond donors (Lipinski definition) is 1. The second-order valence-electron chi connectivity index (χ2n) is 6.84. The van der Waals surface area contributed by atoms with Gasteiger partial charge in [-0.25, -0.2) is 0 Å². The van der Waals surface area contributed by atoms with E-state index >= 15 is 0 Å². The second-order valence-corrected chi connectivity index (χ2v) is 6.84. The van der Waals surface area contributed by atoms with Gasteiger partial charge < -0.3 is 10.6 Å². The van der Waals surface area contributed by atoms with Gasteiger partial charge in [-0.3, -0.25) is 4.79 Å². The number of rotatable bonds is 7. The summed E-state index contributed by atoms with van der Waals surface area (Å²) in [6, 6.07) is 0.334. The van der Waals surface area contributed by atoms with Gasteiger partial charge in [0, 0.05) is 25.6 Å². The summed E-state index contributed by atoms with van der Waals surface area (Å²) in [5, 5.41) is 0. The topological polar surface area (TPSA) is 46.3 Å². The van der Waals surface area contributed by atoms with Crippen molar-refractivity contribution in [2.24, 2.45) is 17.6 Å². The largest absolute Gasteiger partial charge is 0.342 e. The predicted octanol–water partition coefficient (Wildman–Crippen LogP) is 3.32. The Labute approximate surface area is 124 Å². The summed E-state index contributed by atoms with van der Waals surface area (Å²) < 4.78 is 0. The minimum absolute atomic E-state index is 0.334. The molecule has 1 saturated carbocycles. The van der Waals surface area contributed by atoms with E-state index in [1.54, 1.807) is 0 Å². The lowest BCUT2D eigenvalue weighted by Gasteiger charge is -2.29. The molecule has 20 heavy (non-hydrogen) atoms. The van der Waals surface area contributed by atoms with Crippen LogP contribution in [0.4, 0.5) is 0 Å². The molecule has 3 atom stereocenters. The van der Waals surface area contributed by atoms with Crippen molar-refractivity contribution in [2.45, 2.75) is 77.2 Å². The summed E-state index contributed by atoms with van der Waals surface area (Å²) in [7, 11) is 0. The Hall–Kier alpha value is -0.570. The quantitative estimate of drug-likeness (QED) is 0.727. The van der Waals surface area contributed by atoms with E-state index in [4.69, 9.17) is 5.73 Å². The number of likely N-dealkylation sites (tertiary alicyclic amines) is 1. The highest BCUT2D eigenvalue weighted by Crippen LogP contribution is 2.35. The molecule has 1 aliphatic carbocycles. The van der Waals surface area contributed by atoms with Crippen molar-refractivity contribution in [3.8, 4) is 0 Å². The van der Waals surface area contributed by atoms with E-state index in [1.165, 1.54) is 44.9 Å². The van der Waals surface area contributed by atoms with Crippen molar-refractivity contribution in [1.29, 1.82) is 0 Å². The number of fused-ring (bicyclic) bond motifs is 1. The molecule has 3 heteroatoms. The van der Waals surface area contributed by atoms with Crippen molar-refractivity contribution in [3.63, 3.8) is 0 Å². The lowest BCUT2D eigenvalue weighted by molar-refractivity contribution is -0.130. The number of unbranched alkanes of at least 4 members (excludes halogenated alkanes) is 5. The van der Waals surface area contributed by atoms with Crippen molar-refractivity contribution < 1.29 is 4.79 Å². The van der Waals surface area contributed by atoms with Crippen molar-refractivity contribution in [1.82, 2.24) is 4.90 Å². The summed E-state index contributed by atoms with van der Waals surface area (Å²) >= 11 is 0. The van der Waals surface area contributed by atoms with Gasteiger partial charge in [0.25, 0.3) is 0 Å². The van der Waals surface area contributed by atoms with Crippen LogP contribution in [0.15, 0.2) is 0 Å². The Morgan fingerprint density at radius 1 is 1.10 bits per heavy atom. The van der Waals surface area contributed by atoms with Gasteiger partial charge in [-0.1, -0.05) is 45.4 Å². The van der Waals surface area contributed by atoms with Gasteiger partial charge in [0.05, 0.1) is 0 Å². The SMILES string of the molecule is CCCCCCCCC(=O)N1CC2CCCC(N)C2C1. The molecule has 1 saturated heterocycles. The number of amides is 1.